The second-order valence-electron chi connectivity index (χ2n) is 7.30. The van der Waals surface area contributed by atoms with Gasteiger partial charge in [-0.05, 0) is 49.3 Å². The lowest BCUT2D eigenvalue weighted by Gasteiger charge is -2.10. The molecule has 0 aliphatic carbocycles. The normalized spacial score (nSPS) is 10.8. The summed E-state index contributed by atoms with van der Waals surface area (Å²) in [6, 6.07) is 19.9. The van der Waals surface area contributed by atoms with Crippen molar-refractivity contribution in [3.8, 4) is 0 Å². The predicted octanol–water partition coefficient (Wildman–Crippen LogP) is 5.26. The van der Waals surface area contributed by atoms with E-state index in [1.165, 1.54) is 5.56 Å². The Morgan fingerprint density at radius 2 is 1.71 bits per heavy atom. The Labute approximate surface area is 191 Å². The van der Waals surface area contributed by atoms with Gasteiger partial charge in [-0.15, -0.1) is 0 Å². The van der Waals surface area contributed by atoms with Crippen LogP contribution in [0.2, 0.25) is 5.02 Å². The van der Waals surface area contributed by atoms with Crippen molar-refractivity contribution in [2.24, 2.45) is 0 Å². The molecule has 0 saturated carbocycles. The number of nitrogens with one attached hydrogen (secondary N) is 2. The van der Waals surface area contributed by atoms with Gasteiger partial charge in [0, 0.05) is 17.3 Å². The molecule has 0 amide bonds. The molecule has 0 radical (unpaired) electrons. The van der Waals surface area contributed by atoms with Gasteiger partial charge in [-0.25, -0.2) is 0 Å². The highest BCUT2D eigenvalue weighted by Gasteiger charge is 2.13. The van der Waals surface area contributed by atoms with Crippen LogP contribution in [0.1, 0.15) is 22.5 Å². The number of aryl methyl sites for hydroxylation is 1. The van der Waals surface area contributed by atoms with E-state index < -0.39 is 0 Å². The molecule has 8 heteroatoms. The van der Waals surface area contributed by atoms with Crippen LogP contribution in [0.25, 0.3) is 0 Å². The van der Waals surface area contributed by atoms with Crippen LogP contribution in [0, 0.1) is 13.8 Å². The molecule has 4 aromatic rings. The molecule has 0 aliphatic heterocycles. The van der Waals surface area contributed by atoms with Crippen molar-refractivity contribution in [3.63, 3.8) is 0 Å². The van der Waals surface area contributed by atoms with Gasteiger partial charge in [-0.1, -0.05) is 54.1 Å². The van der Waals surface area contributed by atoms with Crippen LogP contribution in [0.5, 0.6) is 0 Å². The molecule has 0 fully saturated rings. The summed E-state index contributed by atoms with van der Waals surface area (Å²) in [6.07, 6.45) is 1.90. The van der Waals surface area contributed by atoms with E-state index >= 15 is 0 Å². The van der Waals surface area contributed by atoms with E-state index in [0.29, 0.717) is 29.0 Å². The Kier molecular flexibility index (Phi) is 6.34. The van der Waals surface area contributed by atoms with E-state index in [0.717, 1.165) is 22.6 Å². The minimum atomic E-state index is 0.471. The molecule has 31 heavy (non-hydrogen) atoms. The zero-order valence-corrected chi connectivity index (χ0v) is 18.9. The lowest BCUT2D eigenvalue weighted by molar-refractivity contribution is 0.659. The van der Waals surface area contributed by atoms with Gasteiger partial charge in [0.2, 0.25) is 0 Å². The third-order valence-corrected chi connectivity index (χ3v) is 5.35. The van der Waals surface area contributed by atoms with Gasteiger partial charge in [0.05, 0.1) is 30.2 Å². The Morgan fingerprint density at radius 3 is 2.48 bits per heavy atom. The molecule has 0 bridgehead atoms. The number of aromatic nitrogens is 4. The molecule has 0 aliphatic rings. The van der Waals surface area contributed by atoms with Crippen LogP contribution in [0.15, 0.2) is 66.9 Å². The lowest BCUT2D eigenvalue weighted by Crippen LogP contribution is -2.20. The van der Waals surface area contributed by atoms with Crippen molar-refractivity contribution >= 4 is 40.4 Å². The first-order chi connectivity index (χ1) is 15.0. The molecular formula is C23H23ClN6S. The number of anilines is 2. The van der Waals surface area contributed by atoms with Crippen LogP contribution in [0.4, 0.5) is 11.5 Å². The number of rotatable bonds is 6. The fourth-order valence-electron chi connectivity index (χ4n) is 3.39. The summed E-state index contributed by atoms with van der Waals surface area (Å²) in [7, 11) is 0. The number of benzene rings is 2. The van der Waals surface area contributed by atoms with Crippen LogP contribution >= 0.6 is 23.8 Å². The fraction of sp³-hybridized carbons (Fsp3) is 0.174. The number of thiocarbonyl (C=S) groups is 1. The molecule has 158 valence electrons. The summed E-state index contributed by atoms with van der Waals surface area (Å²) in [4.78, 5) is 0. The molecule has 2 aromatic carbocycles. The topological polar surface area (TPSA) is 59.7 Å². The molecule has 0 saturated heterocycles. The van der Waals surface area contributed by atoms with Gasteiger partial charge in [0.25, 0.3) is 0 Å². The van der Waals surface area contributed by atoms with Crippen molar-refractivity contribution in [3.05, 3.63) is 94.4 Å². The Morgan fingerprint density at radius 1 is 0.935 bits per heavy atom. The van der Waals surface area contributed by atoms with Gasteiger partial charge >= 0.3 is 0 Å². The maximum absolute atomic E-state index is 6.06. The fourth-order valence-corrected chi connectivity index (χ4v) is 3.81. The number of hydrogen-bond acceptors (Lipinski definition) is 3. The maximum atomic E-state index is 6.06. The average Bonchev–Trinajstić information content (AvgIpc) is 3.28. The van der Waals surface area contributed by atoms with Gasteiger partial charge < -0.3 is 10.6 Å². The summed E-state index contributed by atoms with van der Waals surface area (Å²) in [5, 5.41) is 16.8. The first-order valence-electron chi connectivity index (χ1n) is 9.92. The van der Waals surface area contributed by atoms with Gasteiger partial charge in [-0.3, -0.25) is 9.36 Å². The van der Waals surface area contributed by atoms with Gasteiger partial charge in [0.1, 0.15) is 0 Å². The predicted molar refractivity (Wildman–Crippen MR) is 130 cm³/mol. The van der Waals surface area contributed by atoms with Crippen molar-refractivity contribution in [2.45, 2.75) is 26.9 Å². The SMILES string of the molecule is Cc1nn(Cc2ccccc2)c(C)c1NC(=S)Nc1ccn(Cc2cccc(Cl)c2)n1. The third-order valence-electron chi connectivity index (χ3n) is 4.91. The largest absolute Gasteiger partial charge is 0.329 e. The minimum Gasteiger partial charge on any atom is -0.329 e. The monoisotopic (exact) mass is 450 g/mol. The Balaban J connectivity index is 1.39. The van der Waals surface area contributed by atoms with E-state index in [2.05, 4.69) is 33.0 Å². The number of hydrogen-bond donors (Lipinski definition) is 2. The van der Waals surface area contributed by atoms with E-state index in [4.69, 9.17) is 23.8 Å². The molecule has 2 aromatic heterocycles. The van der Waals surface area contributed by atoms with E-state index in [1.807, 2.05) is 77.9 Å². The van der Waals surface area contributed by atoms with Gasteiger partial charge in [-0.2, -0.15) is 10.2 Å². The molecule has 6 nitrogen and oxygen atoms in total. The van der Waals surface area contributed by atoms with Crippen LogP contribution in [-0.4, -0.2) is 24.7 Å². The summed E-state index contributed by atoms with van der Waals surface area (Å²) < 4.78 is 3.82. The molecule has 0 unspecified atom stereocenters. The van der Waals surface area contributed by atoms with Crippen molar-refractivity contribution < 1.29 is 0 Å². The summed E-state index contributed by atoms with van der Waals surface area (Å²) in [5.74, 6) is 0.673. The number of halogens is 1. The smallest absolute Gasteiger partial charge is 0.176 e. The maximum Gasteiger partial charge on any atom is 0.176 e. The zero-order chi connectivity index (χ0) is 21.8. The Hall–Kier alpha value is -3.16. The van der Waals surface area contributed by atoms with Crippen LogP contribution in [-0.2, 0) is 13.1 Å². The highest BCUT2D eigenvalue weighted by atomic mass is 35.5. The van der Waals surface area contributed by atoms with Crippen LogP contribution in [0.3, 0.4) is 0 Å². The molecule has 0 spiro atoms. The minimum absolute atomic E-state index is 0.471. The average molecular weight is 451 g/mol. The summed E-state index contributed by atoms with van der Waals surface area (Å²) >= 11 is 11.6. The molecule has 4 rings (SSSR count). The Bertz CT molecular complexity index is 1200. The van der Waals surface area contributed by atoms with E-state index in [1.54, 1.807) is 0 Å². The summed E-state index contributed by atoms with van der Waals surface area (Å²) in [6.45, 7) is 5.35. The van der Waals surface area contributed by atoms with Gasteiger partial charge in [0.15, 0.2) is 10.9 Å². The molecule has 2 heterocycles. The van der Waals surface area contributed by atoms with Crippen molar-refractivity contribution in [1.82, 2.24) is 19.6 Å². The van der Waals surface area contributed by atoms with Crippen molar-refractivity contribution in [2.75, 3.05) is 10.6 Å². The van der Waals surface area contributed by atoms with Crippen molar-refractivity contribution in [1.29, 1.82) is 0 Å². The lowest BCUT2D eigenvalue weighted by atomic mass is 10.2. The summed E-state index contributed by atoms with van der Waals surface area (Å²) in [5.41, 5.74) is 5.11. The molecular weight excluding hydrogens is 428 g/mol. The first-order valence-corrected chi connectivity index (χ1v) is 10.7. The molecule has 0 atom stereocenters. The first kappa shape index (κ1) is 21.1. The van der Waals surface area contributed by atoms with Crippen LogP contribution < -0.4 is 10.6 Å². The van der Waals surface area contributed by atoms with E-state index in [-0.39, 0.29) is 0 Å². The highest BCUT2D eigenvalue weighted by molar-refractivity contribution is 7.80. The molecule has 2 N–H and O–H groups in total. The second kappa shape index (κ2) is 9.32. The quantitative estimate of drug-likeness (QED) is 0.392. The highest BCUT2D eigenvalue weighted by Crippen LogP contribution is 2.21. The number of nitrogens with zero attached hydrogens (tertiary/aromatic N) is 4. The third kappa shape index (κ3) is 5.31. The second-order valence-corrected chi connectivity index (χ2v) is 8.14. The standard InChI is InChI=1S/C23H23ClN6S/c1-16-22(17(2)30(27-16)15-18-7-4-3-5-8-18)26-23(31)25-21-11-12-29(28-21)14-19-9-6-10-20(24)13-19/h3-13H,14-15H2,1-2H3,(H2,25,26,28,31). The zero-order valence-electron chi connectivity index (χ0n) is 17.3. The van der Waals surface area contributed by atoms with E-state index in [9.17, 15) is 0 Å².